The molecule has 3 heterocycles. The predicted molar refractivity (Wildman–Crippen MR) is 237 cm³/mol. The number of esters is 2. The first-order valence-corrected chi connectivity index (χ1v) is 22.1. The number of para-hydroxylation sites is 1. The summed E-state index contributed by atoms with van der Waals surface area (Å²) in [4.78, 5) is 76.1. The first-order chi connectivity index (χ1) is 31.4. The highest BCUT2D eigenvalue weighted by molar-refractivity contribution is 6.25. The van der Waals surface area contributed by atoms with Crippen LogP contribution in [-0.2, 0) is 34.1 Å². The molecule has 0 bridgehead atoms. The number of amides is 3. The summed E-state index contributed by atoms with van der Waals surface area (Å²) >= 11 is 0. The maximum absolute atomic E-state index is 16.2. The van der Waals surface area contributed by atoms with Crippen molar-refractivity contribution in [1.82, 2.24) is 10.2 Å². The summed E-state index contributed by atoms with van der Waals surface area (Å²) in [5.74, 6) is -0.150. The van der Waals surface area contributed by atoms with Crippen LogP contribution < -0.4 is 15.0 Å². The van der Waals surface area contributed by atoms with Gasteiger partial charge in [-0.3, -0.25) is 19.3 Å². The molecule has 2 saturated heterocycles. The number of rotatable bonds is 10. The number of fused-ring (bicyclic) bond motifs is 3. The smallest absolute Gasteiger partial charge is 0.329 e. The molecule has 0 radical (unpaired) electrons. The molecule has 4 aromatic rings. The summed E-state index contributed by atoms with van der Waals surface area (Å²) in [6.07, 6.45) is 3.44. The minimum atomic E-state index is -2.31. The van der Waals surface area contributed by atoms with Gasteiger partial charge in [0.15, 0.2) is 0 Å². The fourth-order valence-corrected chi connectivity index (χ4v) is 10.4. The van der Waals surface area contributed by atoms with Gasteiger partial charge in [0.25, 0.3) is 0 Å². The molecule has 0 aromatic heterocycles. The van der Waals surface area contributed by atoms with Gasteiger partial charge in [-0.25, -0.2) is 14.5 Å². The number of aliphatic hydroxyl groups is 2. The number of cyclic esters (lactones) is 1. The Hall–Kier alpha value is -6.53. The lowest BCUT2D eigenvalue weighted by molar-refractivity contribution is -0.179. The third-order valence-electron chi connectivity index (χ3n) is 13.3. The van der Waals surface area contributed by atoms with Crippen LogP contribution in [0.2, 0.25) is 0 Å². The maximum Gasteiger partial charge on any atom is 0.329 e. The van der Waals surface area contributed by atoms with Gasteiger partial charge in [-0.05, 0) is 72.6 Å². The molecule has 65 heavy (non-hydrogen) atoms. The van der Waals surface area contributed by atoms with E-state index in [1.165, 1.54) is 13.2 Å². The Morgan fingerprint density at radius 3 is 2.15 bits per heavy atom. The van der Waals surface area contributed by atoms with Gasteiger partial charge >= 0.3 is 23.9 Å². The zero-order valence-corrected chi connectivity index (χ0v) is 36.5. The Morgan fingerprint density at radius 1 is 0.877 bits per heavy atom. The monoisotopic (exact) mass is 883 g/mol. The van der Waals surface area contributed by atoms with Crippen LogP contribution >= 0.6 is 0 Å². The van der Waals surface area contributed by atoms with Crippen molar-refractivity contribution in [2.75, 3.05) is 25.2 Å². The standard InChI is InChI=1S/C51H53N3O11/c1-31(2)40(46(58)63-3)52-49(61)53-37-23-22-32(24-27-50(62)25-14-4-5-15-26-50)30-36(37)51(48(53)60)39(45(56)57)42-47(59)65-43(34-18-10-7-11-19-34)41(33-16-8-6-9-17-33)54(42)44(51)35-20-12-13-21-38(35)64-29-28-55/h6-13,16-23,30-31,39-44,55,62H,4-5,14-15,25-26,28-29H2,1-3H3,(H,52,61)(H,56,57). The number of hydrogen-bond acceptors (Lipinski definition) is 11. The number of carbonyl (C=O) groups is 5. The number of nitrogens with zero attached hydrogens (tertiary/aromatic N) is 2. The highest BCUT2D eigenvalue weighted by Gasteiger charge is 2.76. The summed E-state index contributed by atoms with van der Waals surface area (Å²) in [6, 6.07) is 23.4. The largest absolute Gasteiger partial charge is 0.491 e. The van der Waals surface area contributed by atoms with Crippen LogP contribution in [0, 0.1) is 23.7 Å². The van der Waals surface area contributed by atoms with E-state index >= 15 is 4.79 Å². The van der Waals surface area contributed by atoms with E-state index in [0.717, 1.165) is 30.6 Å². The zero-order valence-electron chi connectivity index (χ0n) is 36.5. The molecular weight excluding hydrogens is 831 g/mol. The molecule has 4 N–H and O–H groups in total. The molecule has 3 aliphatic heterocycles. The summed E-state index contributed by atoms with van der Waals surface area (Å²) < 4.78 is 17.6. The molecule has 7 unspecified atom stereocenters. The van der Waals surface area contributed by atoms with Crippen molar-refractivity contribution in [1.29, 1.82) is 0 Å². The van der Waals surface area contributed by atoms with Gasteiger partial charge in [0, 0.05) is 11.1 Å². The van der Waals surface area contributed by atoms with E-state index in [1.807, 2.05) is 48.5 Å². The van der Waals surface area contributed by atoms with Crippen LogP contribution in [0.15, 0.2) is 103 Å². The third kappa shape index (κ3) is 8.02. The molecule has 1 aliphatic carbocycles. The van der Waals surface area contributed by atoms with Crippen LogP contribution in [-0.4, -0.2) is 88.1 Å². The van der Waals surface area contributed by atoms with Crippen molar-refractivity contribution in [2.24, 2.45) is 11.8 Å². The van der Waals surface area contributed by atoms with E-state index < -0.39 is 83.0 Å². The second-order valence-electron chi connectivity index (χ2n) is 17.5. The topological polar surface area (TPSA) is 192 Å². The van der Waals surface area contributed by atoms with Crippen LogP contribution in [0.4, 0.5) is 10.5 Å². The van der Waals surface area contributed by atoms with E-state index in [2.05, 4.69) is 17.2 Å². The molecular formula is C51H53N3O11. The van der Waals surface area contributed by atoms with Gasteiger partial charge in [0.2, 0.25) is 5.91 Å². The van der Waals surface area contributed by atoms with Gasteiger partial charge in [0.1, 0.15) is 47.5 Å². The lowest BCUT2D eigenvalue weighted by atomic mass is 9.65. The number of carboxylic acids is 1. The molecule has 4 aromatic carbocycles. The van der Waals surface area contributed by atoms with E-state index in [-0.39, 0.29) is 30.2 Å². The fourth-order valence-electron chi connectivity index (χ4n) is 10.4. The van der Waals surface area contributed by atoms with Crippen LogP contribution in [0.5, 0.6) is 5.75 Å². The quantitative estimate of drug-likeness (QED) is 0.0808. The molecule has 8 rings (SSSR count). The minimum absolute atomic E-state index is 0.00712. The van der Waals surface area contributed by atoms with E-state index in [9.17, 15) is 34.5 Å². The summed E-state index contributed by atoms with van der Waals surface area (Å²) in [7, 11) is 1.18. The van der Waals surface area contributed by atoms with Gasteiger partial charge < -0.3 is 34.8 Å². The molecule has 1 saturated carbocycles. The molecule has 4 aliphatic rings. The number of aliphatic hydroxyl groups excluding tert-OH is 1. The molecule has 3 fully saturated rings. The molecule has 338 valence electrons. The third-order valence-corrected chi connectivity index (χ3v) is 13.3. The van der Waals surface area contributed by atoms with Crippen LogP contribution in [0.25, 0.3) is 0 Å². The first kappa shape index (κ1) is 45.1. The maximum atomic E-state index is 16.2. The SMILES string of the molecule is COC(=O)C(NC(=O)N1C(=O)C2(c3cc(C#CC4(O)CCCCCC4)ccc31)C(C(=O)O)C1C(=O)OC(c3ccccc3)C(c3ccccc3)N1C2c1ccccc1OCCO)C(C)C. The molecule has 14 nitrogen and oxygen atoms in total. The number of nitrogens with one attached hydrogen (secondary N) is 1. The number of benzene rings is 4. The average molecular weight is 884 g/mol. The van der Waals surface area contributed by atoms with E-state index in [0.29, 0.717) is 35.1 Å². The van der Waals surface area contributed by atoms with Crippen molar-refractivity contribution in [3.63, 3.8) is 0 Å². The highest BCUT2D eigenvalue weighted by Crippen LogP contribution is 2.66. The minimum Gasteiger partial charge on any atom is -0.491 e. The molecule has 3 amide bonds. The van der Waals surface area contributed by atoms with Gasteiger partial charge in [-0.2, -0.15) is 0 Å². The number of carboxylic acid groups (broad SMARTS) is 1. The van der Waals surface area contributed by atoms with E-state index in [1.54, 1.807) is 67.3 Å². The number of morpholine rings is 1. The average Bonchev–Trinajstić information content (AvgIpc) is 3.65. The summed E-state index contributed by atoms with van der Waals surface area (Å²) in [5.41, 5.74) is -1.62. The summed E-state index contributed by atoms with van der Waals surface area (Å²) in [6.45, 7) is 2.86. The van der Waals surface area contributed by atoms with Crippen LogP contribution in [0.3, 0.4) is 0 Å². The number of methoxy groups -OCH3 is 1. The van der Waals surface area contributed by atoms with Crippen molar-refractivity contribution >= 4 is 35.5 Å². The van der Waals surface area contributed by atoms with Crippen molar-refractivity contribution in [3.8, 4) is 17.6 Å². The van der Waals surface area contributed by atoms with Gasteiger partial charge in [0.05, 0.1) is 31.5 Å². The normalized spacial score (nSPS) is 25.1. The predicted octanol–water partition coefficient (Wildman–Crippen LogP) is 6.15. The number of urea groups is 1. The number of anilines is 1. The second kappa shape index (κ2) is 18.5. The number of ether oxygens (including phenoxy) is 3. The van der Waals surface area contributed by atoms with Crippen LogP contribution in [0.1, 0.15) is 98.4 Å². The Kier molecular flexibility index (Phi) is 12.8. The van der Waals surface area contributed by atoms with Gasteiger partial charge in [-0.1, -0.05) is 117 Å². The van der Waals surface area contributed by atoms with E-state index in [4.69, 9.17) is 14.2 Å². The number of imide groups is 1. The zero-order chi connectivity index (χ0) is 46.0. The lowest BCUT2D eigenvalue weighted by Gasteiger charge is -2.46. The lowest BCUT2D eigenvalue weighted by Crippen LogP contribution is -2.56. The molecule has 14 heteroatoms. The van der Waals surface area contributed by atoms with Crippen molar-refractivity contribution in [3.05, 3.63) is 131 Å². The molecule has 1 spiro atoms. The fraction of sp³-hybridized carbons (Fsp3) is 0.392. The second-order valence-corrected chi connectivity index (χ2v) is 17.5. The summed E-state index contributed by atoms with van der Waals surface area (Å²) in [5, 5.41) is 36.0. The van der Waals surface area contributed by atoms with Crippen molar-refractivity contribution in [2.45, 2.75) is 93.7 Å². The van der Waals surface area contributed by atoms with Gasteiger partial charge in [-0.15, -0.1) is 0 Å². The highest BCUT2D eigenvalue weighted by atomic mass is 16.6. The number of aliphatic carboxylic acids is 1. The molecule has 7 atom stereocenters. The Morgan fingerprint density at radius 2 is 1.52 bits per heavy atom. The Balaban J connectivity index is 1.45. The Labute approximate surface area is 377 Å². The Bertz CT molecular complexity index is 2510. The number of carbonyl (C=O) groups excluding carboxylic acids is 4. The number of hydrogen-bond donors (Lipinski definition) is 4. The van der Waals surface area contributed by atoms with Crippen molar-refractivity contribution < 1.29 is 53.5 Å². The first-order valence-electron chi connectivity index (χ1n) is 22.1.